The molecule has 0 saturated carbocycles. The number of hydrogen-bond acceptors (Lipinski definition) is 6. The maximum atomic E-state index is 11.8. The van der Waals surface area contributed by atoms with Crippen LogP contribution in [0.2, 0.25) is 0 Å². The Kier molecular flexibility index (Phi) is 9.76. The van der Waals surface area contributed by atoms with Gasteiger partial charge in [-0.1, -0.05) is 6.08 Å². The molecule has 0 fully saturated rings. The topological polar surface area (TPSA) is 90.9 Å². The lowest BCUT2D eigenvalue weighted by Crippen LogP contribution is -2.45. The van der Waals surface area contributed by atoms with E-state index in [4.69, 9.17) is 14.2 Å². The minimum atomic E-state index is -0.608. The summed E-state index contributed by atoms with van der Waals surface area (Å²) in [6.07, 6.45) is 2.83. The fourth-order valence-electron chi connectivity index (χ4n) is 1.84. The lowest BCUT2D eigenvalue weighted by molar-refractivity contribution is -0.148. The van der Waals surface area contributed by atoms with Gasteiger partial charge in [-0.15, -0.1) is 0 Å². The Morgan fingerprint density at radius 3 is 2.33 bits per heavy atom. The van der Waals surface area contributed by atoms with E-state index < -0.39 is 35.8 Å². The van der Waals surface area contributed by atoms with Crippen LogP contribution in [0.1, 0.15) is 54.4 Å². The van der Waals surface area contributed by atoms with Gasteiger partial charge in [0.15, 0.2) is 0 Å². The smallest absolute Gasteiger partial charge is 0.407 e. The number of alkyl carbamates (subject to hydrolysis) is 1. The minimum Gasteiger partial charge on any atom is -0.463 e. The number of amides is 1. The van der Waals surface area contributed by atoms with Gasteiger partial charge < -0.3 is 19.5 Å². The molecular weight excluding hydrogens is 314 g/mol. The minimum absolute atomic E-state index is 0.316. The highest BCUT2D eigenvalue weighted by Crippen LogP contribution is 2.11. The molecule has 0 spiro atoms. The van der Waals surface area contributed by atoms with Gasteiger partial charge in [-0.25, -0.2) is 9.59 Å². The number of allylic oxidation sites excluding steroid dienone is 1. The summed E-state index contributed by atoms with van der Waals surface area (Å²) >= 11 is 0. The monoisotopic (exact) mass is 343 g/mol. The Balaban J connectivity index is 4.56. The second-order valence-electron chi connectivity index (χ2n) is 6.31. The molecule has 0 radical (unpaired) electrons. The van der Waals surface area contributed by atoms with Gasteiger partial charge in [-0.3, -0.25) is 4.79 Å². The largest absolute Gasteiger partial charge is 0.463 e. The molecule has 0 aliphatic carbocycles. The number of ether oxygens (including phenoxy) is 3. The van der Waals surface area contributed by atoms with Gasteiger partial charge >= 0.3 is 18.0 Å². The Hall–Kier alpha value is -2.05. The number of hydrogen-bond donors (Lipinski definition) is 1. The average Bonchev–Trinajstić information content (AvgIpc) is 2.39. The van der Waals surface area contributed by atoms with Crippen LogP contribution in [0.15, 0.2) is 12.2 Å². The summed E-state index contributed by atoms with van der Waals surface area (Å²) in [5.74, 6) is -0.853. The fraction of sp³-hybridized carbons (Fsp3) is 0.706. The van der Waals surface area contributed by atoms with E-state index in [1.54, 1.807) is 40.7 Å². The van der Waals surface area contributed by atoms with Gasteiger partial charge in [0, 0.05) is 13.0 Å². The van der Waals surface area contributed by atoms with Crippen LogP contribution in [0.25, 0.3) is 0 Å². The van der Waals surface area contributed by atoms with Gasteiger partial charge in [0.2, 0.25) is 0 Å². The Bertz CT molecular complexity index is 452. The van der Waals surface area contributed by atoms with Gasteiger partial charge in [0.05, 0.1) is 12.6 Å². The van der Waals surface area contributed by atoms with E-state index in [1.807, 2.05) is 0 Å². The SMILES string of the molecule is CCOC(=O)/C=C/CC[C@@H](OC(C)=O)[C@H](C)NC(=O)OC(C)(C)C. The molecule has 0 bridgehead atoms. The summed E-state index contributed by atoms with van der Waals surface area (Å²) in [4.78, 5) is 34.3. The predicted molar refractivity (Wildman–Crippen MR) is 89.4 cm³/mol. The van der Waals surface area contributed by atoms with E-state index in [2.05, 4.69) is 5.32 Å². The van der Waals surface area contributed by atoms with Crippen molar-refractivity contribution in [3.8, 4) is 0 Å². The van der Waals surface area contributed by atoms with E-state index in [1.165, 1.54) is 13.0 Å². The van der Waals surface area contributed by atoms with Crippen molar-refractivity contribution in [3.05, 3.63) is 12.2 Å². The van der Waals surface area contributed by atoms with Crippen LogP contribution in [-0.4, -0.2) is 42.4 Å². The Labute approximate surface area is 143 Å². The highest BCUT2D eigenvalue weighted by Gasteiger charge is 2.24. The average molecular weight is 343 g/mol. The third-order valence-corrected chi connectivity index (χ3v) is 2.78. The van der Waals surface area contributed by atoms with Crippen molar-refractivity contribution < 1.29 is 28.6 Å². The summed E-state index contributed by atoms with van der Waals surface area (Å²) in [6, 6.07) is -0.431. The lowest BCUT2D eigenvalue weighted by Gasteiger charge is -2.26. The molecule has 0 aromatic rings. The van der Waals surface area contributed by atoms with Gasteiger partial charge in [-0.2, -0.15) is 0 Å². The first-order valence-electron chi connectivity index (χ1n) is 8.05. The lowest BCUT2D eigenvalue weighted by atomic mass is 10.1. The molecule has 0 unspecified atom stereocenters. The first-order chi connectivity index (χ1) is 11.0. The van der Waals surface area contributed by atoms with Crippen molar-refractivity contribution in [1.82, 2.24) is 5.32 Å². The molecule has 0 saturated heterocycles. The summed E-state index contributed by atoms with van der Waals surface area (Å²) in [7, 11) is 0. The van der Waals surface area contributed by atoms with E-state index in [0.29, 0.717) is 19.4 Å². The highest BCUT2D eigenvalue weighted by molar-refractivity contribution is 5.81. The van der Waals surface area contributed by atoms with Crippen LogP contribution in [0.4, 0.5) is 4.79 Å². The quantitative estimate of drug-likeness (QED) is 0.414. The zero-order valence-electron chi connectivity index (χ0n) is 15.4. The summed E-state index contributed by atoms with van der Waals surface area (Å²) in [5.41, 5.74) is -0.608. The molecule has 2 atom stereocenters. The molecule has 7 heteroatoms. The number of carbonyl (C=O) groups excluding carboxylic acids is 3. The fourth-order valence-corrected chi connectivity index (χ4v) is 1.84. The van der Waals surface area contributed by atoms with Gasteiger partial charge in [0.1, 0.15) is 11.7 Å². The molecule has 1 amide bonds. The molecule has 24 heavy (non-hydrogen) atoms. The predicted octanol–water partition coefficient (Wildman–Crippen LogP) is 2.73. The number of nitrogens with one attached hydrogen (secondary N) is 1. The standard InChI is InChI=1S/C17H29NO6/c1-7-22-15(20)11-9-8-10-14(23-13(3)19)12(2)18-16(21)24-17(4,5)6/h9,11-12,14H,7-8,10H2,1-6H3,(H,18,21)/b11-9+/t12-,14+/m0/s1. The molecule has 0 aromatic carbocycles. The second kappa shape index (κ2) is 10.7. The van der Waals surface area contributed by atoms with Crippen LogP contribution < -0.4 is 5.32 Å². The summed E-state index contributed by atoms with van der Waals surface area (Å²) in [6.45, 7) is 10.4. The van der Waals surface area contributed by atoms with Crippen LogP contribution in [0.5, 0.6) is 0 Å². The van der Waals surface area contributed by atoms with Crippen molar-refractivity contribution >= 4 is 18.0 Å². The van der Waals surface area contributed by atoms with Crippen LogP contribution in [0, 0.1) is 0 Å². The zero-order valence-corrected chi connectivity index (χ0v) is 15.4. The van der Waals surface area contributed by atoms with Crippen molar-refractivity contribution in [3.63, 3.8) is 0 Å². The first kappa shape index (κ1) is 21.9. The summed E-state index contributed by atoms with van der Waals surface area (Å²) in [5, 5.41) is 2.66. The van der Waals surface area contributed by atoms with E-state index in [-0.39, 0.29) is 0 Å². The van der Waals surface area contributed by atoms with Crippen molar-refractivity contribution in [2.45, 2.75) is 72.1 Å². The van der Waals surface area contributed by atoms with Crippen molar-refractivity contribution in [2.24, 2.45) is 0 Å². The maximum Gasteiger partial charge on any atom is 0.407 e. The Morgan fingerprint density at radius 1 is 1.21 bits per heavy atom. The molecule has 0 heterocycles. The van der Waals surface area contributed by atoms with E-state index in [9.17, 15) is 14.4 Å². The number of carbonyl (C=O) groups is 3. The van der Waals surface area contributed by atoms with Crippen molar-refractivity contribution in [1.29, 1.82) is 0 Å². The van der Waals surface area contributed by atoms with E-state index >= 15 is 0 Å². The second-order valence-corrected chi connectivity index (χ2v) is 6.31. The Morgan fingerprint density at radius 2 is 1.83 bits per heavy atom. The maximum absolute atomic E-state index is 11.8. The molecule has 0 aromatic heterocycles. The van der Waals surface area contributed by atoms with E-state index in [0.717, 1.165) is 0 Å². The van der Waals surface area contributed by atoms with Crippen LogP contribution in [-0.2, 0) is 23.8 Å². The highest BCUT2D eigenvalue weighted by atomic mass is 16.6. The molecule has 138 valence electrons. The molecule has 1 N–H and O–H groups in total. The first-order valence-corrected chi connectivity index (χ1v) is 8.05. The third-order valence-electron chi connectivity index (χ3n) is 2.78. The van der Waals surface area contributed by atoms with Crippen molar-refractivity contribution in [2.75, 3.05) is 6.61 Å². The number of rotatable bonds is 8. The van der Waals surface area contributed by atoms with Crippen LogP contribution in [0.3, 0.4) is 0 Å². The third kappa shape index (κ3) is 11.5. The molecule has 0 rings (SSSR count). The molecular formula is C17H29NO6. The molecule has 0 aliphatic rings. The van der Waals surface area contributed by atoms with Gasteiger partial charge in [0.25, 0.3) is 0 Å². The van der Waals surface area contributed by atoms with Crippen LogP contribution >= 0.6 is 0 Å². The normalized spacial score (nSPS) is 13.9. The summed E-state index contributed by atoms with van der Waals surface area (Å²) < 4.78 is 15.2. The molecule has 0 aliphatic heterocycles. The van der Waals surface area contributed by atoms with Gasteiger partial charge in [-0.05, 0) is 47.5 Å². The zero-order chi connectivity index (χ0) is 18.8. The molecule has 7 nitrogen and oxygen atoms in total. The number of esters is 2.